The Labute approximate surface area is 97.0 Å². The molecule has 16 heavy (non-hydrogen) atoms. The number of aliphatic hydroxyl groups is 2. The zero-order chi connectivity index (χ0) is 12.4. The van der Waals surface area contributed by atoms with Crippen molar-refractivity contribution >= 4 is 5.91 Å². The highest BCUT2D eigenvalue weighted by atomic mass is 16.3. The van der Waals surface area contributed by atoms with Crippen molar-refractivity contribution in [3.05, 3.63) is 0 Å². The van der Waals surface area contributed by atoms with Crippen molar-refractivity contribution in [2.24, 2.45) is 11.3 Å². The highest BCUT2D eigenvalue weighted by Gasteiger charge is 2.41. The van der Waals surface area contributed by atoms with Gasteiger partial charge in [0.2, 0.25) is 5.91 Å². The van der Waals surface area contributed by atoms with Crippen LogP contribution in [0, 0.1) is 11.3 Å². The van der Waals surface area contributed by atoms with Crippen molar-refractivity contribution in [2.45, 2.75) is 45.6 Å². The van der Waals surface area contributed by atoms with E-state index in [1.165, 1.54) is 0 Å². The topological polar surface area (TPSA) is 69.6 Å². The van der Waals surface area contributed by atoms with Gasteiger partial charge in [0.15, 0.2) is 0 Å². The monoisotopic (exact) mass is 229 g/mol. The van der Waals surface area contributed by atoms with E-state index in [9.17, 15) is 4.79 Å². The van der Waals surface area contributed by atoms with E-state index in [-0.39, 0.29) is 30.5 Å². The smallest absolute Gasteiger partial charge is 0.224 e. The van der Waals surface area contributed by atoms with Gasteiger partial charge in [0.25, 0.3) is 0 Å². The Bertz CT molecular complexity index is 259. The van der Waals surface area contributed by atoms with E-state index in [0.717, 1.165) is 19.3 Å². The Morgan fingerprint density at radius 2 is 2.00 bits per heavy atom. The van der Waals surface area contributed by atoms with E-state index >= 15 is 0 Å². The summed E-state index contributed by atoms with van der Waals surface area (Å²) in [5, 5.41) is 21.0. The lowest BCUT2D eigenvalue weighted by Crippen LogP contribution is -2.54. The third-order valence-electron chi connectivity index (χ3n) is 3.70. The minimum atomic E-state index is -0.907. The summed E-state index contributed by atoms with van der Waals surface area (Å²) in [6.45, 7) is 5.34. The normalized spacial score (nSPS) is 24.4. The van der Waals surface area contributed by atoms with Crippen LogP contribution in [0.3, 0.4) is 0 Å². The van der Waals surface area contributed by atoms with E-state index in [4.69, 9.17) is 10.2 Å². The minimum Gasteiger partial charge on any atom is -0.394 e. The molecule has 4 nitrogen and oxygen atoms in total. The number of carbonyl (C=O) groups is 1. The molecule has 1 aliphatic carbocycles. The summed E-state index contributed by atoms with van der Waals surface area (Å²) in [7, 11) is 0. The fourth-order valence-electron chi connectivity index (χ4n) is 2.33. The molecule has 4 heteroatoms. The zero-order valence-electron chi connectivity index (χ0n) is 10.4. The first-order valence-electron chi connectivity index (χ1n) is 5.88. The molecule has 0 radical (unpaired) electrons. The number of aliphatic hydroxyl groups excluding tert-OH is 2. The average Bonchev–Trinajstić information content (AvgIpc) is 2.58. The van der Waals surface area contributed by atoms with Gasteiger partial charge in [-0.2, -0.15) is 0 Å². The molecule has 1 rings (SSSR count). The zero-order valence-corrected chi connectivity index (χ0v) is 10.4. The fourth-order valence-corrected chi connectivity index (χ4v) is 2.33. The summed E-state index contributed by atoms with van der Waals surface area (Å²) in [6.07, 6.45) is 3.02. The summed E-state index contributed by atoms with van der Waals surface area (Å²) in [6, 6.07) is 0. The van der Waals surface area contributed by atoms with Gasteiger partial charge in [0.05, 0.1) is 18.8 Å². The molecule has 1 fully saturated rings. The number of amides is 1. The van der Waals surface area contributed by atoms with E-state index in [1.807, 2.05) is 0 Å². The van der Waals surface area contributed by atoms with Gasteiger partial charge in [-0.25, -0.2) is 0 Å². The first-order valence-corrected chi connectivity index (χ1v) is 5.88. The van der Waals surface area contributed by atoms with Crippen LogP contribution in [0.25, 0.3) is 0 Å². The van der Waals surface area contributed by atoms with Gasteiger partial charge < -0.3 is 15.5 Å². The second kappa shape index (κ2) is 4.72. The lowest BCUT2D eigenvalue weighted by atomic mass is 9.81. The van der Waals surface area contributed by atoms with Crippen LogP contribution < -0.4 is 5.32 Å². The standard InChI is InChI=1S/C12H23NO3/c1-11(2)6-4-5-9(11)10(16)13-12(3,7-14)8-15/h9,14-15H,4-8H2,1-3H3,(H,13,16). The van der Waals surface area contributed by atoms with Gasteiger partial charge in [0.1, 0.15) is 0 Å². The molecule has 0 bridgehead atoms. The molecule has 0 aromatic heterocycles. The van der Waals surface area contributed by atoms with Gasteiger partial charge in [-0.1, -0.05) is 20.3 Å². The number of nitrogens with one attached hydrogen (secondary N) is 1. The van der Waals surface area contributed by atoms with Crippen LogP contribution in [0.5, 0.6) is 0 Å². The van der Waals surface area contributed by atoms with Crippen LogP contribution in [0.2, 0.25) is 0 Å². The van der Waals surface area contributed by atoms with E-state index in [1.54, 1.807) is 6.92 Å². The number of carbonyl (C=O) groups excluding carboxylic acids is 1. The van der Waals surface area contributed by atoms with E-state index in [2.05, 4.69) is 19.2 Å². The lowest BCUT2D eigenvalue weighted by Gasteiger charge is -2.32. The Kier molecular flexibility index (Phi) is 3.97. The molecule has 1 unspecified atom stereocenters. The highest BCUT2D eigenvalue weighted by Crippen LogP contribution is 2.42. The van der Waals surface area contributed by atoms with Gasteiger partial charge in [-0.05, 0) is 25.2 Å². The molecule has 0 aliphatic heterocycles. The van der Waals surface area contributed by atoms with Gasteiger partial charge in [-0.3, -0.25) is 4.79 Å². The number of rotatable bonds is 4. The lowest BCUT2D eigenvalue weighted by molar-refractivity contribution is -0.130. The van der Waals surface area contributed by atoms with Crippen molar-refractivity contribution in [3.8, 4) is 0 Å². The molecule has 0 saturated heterocycles. The largest absolute Gasteiger partial charge is 0.394 e. The molecule has 0 spiro atoms. The maximum absolute atomic E-state index is 12.1. The predicted octanol–water partition coefficient (Wildman–Crippen LogP) is 0.672. The van der Waals surface area contributed by atoms with Crippen molar-refractivity contribution in [2.75, 3.05) is 13.2 Å². The summed E-state index contributed by atoms with van der Waals surface area (Å²) in [5.74, 6) is -0.0574. The molecule has 1 atom stereocenters. The third kappa shape index (κ3) is 2.74. The van der Waals surface area contributed by atoms with Gasteiger partial charge >= 0.3 is 0 Å². The fraction of sp³-hybridized carbons (Fsp3) is 0.917. The third-order valence-corrected chi connectivity index (χ3v) is 3.70. The van der Waals surface area contributed by atoms with Crippen molar-refractivity contribution in [1.29, 1.82) is 0 Å². The van der Waals surface area contributed by atoms with Crippen LogP contribution in [-0.2, 0) is 4.79 Å². The van der Waals surface area contributed by atoms with Crippen LogP contribution in [0.1, 0.15) is 40.0 Å². The SMILES string of the molecule is CC(CO)(CO)NC(=O)C1CCCC1(C)C. The number of hydrogen-bond acceptors (Lipinski definition) is 3. The minimum absolute atomic E-state index is 0.00933. The molecular formula is C12H23NO3. The summed E-state index contributed by atoms with van der Waals surface area (Å²) >= 11 is 0. The van der Waals surface area contributed by atoms with Gasteiger partial charge in [0, 0.05) is 5.92 Å². The van der Waals surface area contributed by atoms with Gasteiger partial charge in [-0.15, -0.1) is 0 Å². The molecule has 0 aromatic rings. The second-order valence-electron chi connectivity index (χ2n) is 5.80. The molecular weight excluding hydrogens is 206 g/mol. The Morgan fingerprint density at radius 3 is 2.38 bits per heavy atom. The Morgan fingerprint density at radius 1 is 1.44 bits per heavy atom. The molecule has 0 heterocycles. The maximum Gasteiger partial charge on any atom is 0.224 e. The highest BCUT2D eigenvalue weighted by molar-refractivity contribution is 5.80. The van der Waals surface area contributed by atoms with E-state index in [0.29, 0.717) is 0 Å². The molecule has 0 aromatic carbocycles. The quantitative estimate of drug-likeness (QED) is 0.663. The van der Waals surface area contributed by atoms with Crippen LogP contribution in [0.15, 0.2) is 0 Å². The number of hydrogen-bond donors (Lipinski definition) is 3. The van der Waals surface area contributed by atoms with Crippen LogP contribution in [0.4, 0.5) is 0 Å². The van der Waals surface area contributed by atoms with Crippen LogP contribution in [-0.4, -0.2) is 34.9 Å². The van der Waals surface area contributed by atoms with Crippen molar-refractivity contribution in [3.63, 3.8) is 0 Å². The molecule has 94 valence electrons. The molecule has 1 saturated carbocycles. The predicted molar refractivity (Wildman–Crippen MR) is 61.8 cm³/mol. The average molecular weight is 229 g/mol. The van der Waals surface area contributed by atoms with Crippen LogP contribution >= 0.6 is 0 Å². The Hall–Kier alpha value is -0.610. The van der Waals surface area contributed by atoms with E-state index < -0.39 is 5.54 Å². The first-order chi connectivity index (χ1) is 7.34. The summed E-state index contributed by atoms with van der Waals surface area (Å²) < 4.78 is 0. The first kappa shape index (κ1) is 13.5. The molecule has 1 aliphatic rings. The second-order valence-corrected chi connectivity index (χ2v) is 5.80. The molecule has 1 amide bonds. The summed E-state index contributed by atoms with van der Waals surface area (Å²) in [4.78, 5) is 12.1. The Balaban J connectivity index is 2.65. The maximum atomic E-state index is 12.1. The summed E-state index contributed by atoms with van der Waals surface area (Å²) in [5.41, 5.74) is -0.883. The van der Waals surface area contributed by atoms with Crippen molar-refractivity contribution < 1.29 is 15.0 Å². The molecule has 3 N–H and O–H groups in total. The van der Waals surface area contributed by atoms with Crippen molar-refractivity contribution in [1.82, 2.24) is 5.32 Å².